The van der Waals surface area contributed by atoms with E-state index < -0.39 is 11.6 Å². The first-order chi connectivity index (χ1) is 13.1. The average molecular weight is 394 g/mol. The minimum Gasteiger partial charge on any atom is -0.357 e. The van der Waals surface area contributed by atoms with Crippen molar-refractivity contribution in [1.29, 1.82) is 0 Å². The molecule has 1 aliphatic heterocycles. The molecule has 0 amide bonds. The average Bonchev–Trinajstić information content (AvgIpc) is 3.17. The summed E-state index contributed by atoms with van der Waals surface area (Å²) in [6.45, 7) is 8.03. The van der Waals surface area contributed by atoms with Crippen molar-refractivity contribution in [3.05, 3.63) is 41.2 Å². The smallest absolute Gasteiger partial charge is 0.205 e. The number of piperazine rings is 1. The monoisotopic (exact) mass is 394 g/mol. The van der Waals surface area contributed by atoms with Gasteiger partial charge in [-0.25, -0.2) is 18.8 Å². The zero-order chi connectivity index (χ0) is 19.2. The third-order valence-electron chi connectivity index (χ3n) is 4.37. The van der Waals surface area contributed by atoms with Gasteiger partial charge in [0.1, 0.15) is 17.5 Å². The standard InChI is InChI=1S/C18H24F2N6S/c1-3-16-23-18(27-24-16)26-9-7-25(8-10-26)17(21-4-2)22-12-13-11-14(19)5-6-15(13)20/h5-6,11H,3-4,7-10,12H2,1-2H3,(H,21,22). The van der Waals surface area contributed by atoms with Gasteiger partial charge in [0.2, 0.25) is 5.13 Å². The fourth-order valence-corrected chi connectivity index (χ4v) is 3.68. The highest BCUT2D eigenvalue weighted by atomic mass is 32.1. The predicted molar refractivity (Wildman–Crippen MR) is 104 cm³/mol. The molecule has 146 valence electrons. The number of benzene rings is 1. The maximum absolute atomic E-state index is 13.8. The molecule has 0 saturated carbocycles. The summed E-state index contributed by atoms with van der Waals surface area (Å²) in [5.74, 6) is 0.698. The van der Waals surface area contributed by atoms with Crippen LogP contribution in [0.3, 0.4) is 0 Å². The Morgan fingerprint density at radius 1 is 1.22 bits per heavy atom. The zero-order valence-electron chi connectivity index (χ0n) is 15.6. The Morgan fingerprint density at radius 2 is 2.00 bits per heavy atom. The van der Waals surface area contributed by atoms with E-state index >= 15 is 0 Å². The van der Waals surface area contributed by atoms with Crippen LogP contribution in [0.2, 0.25) is 0 Å². The van der Waals surface area contributed by atoms with Crippen molar-refractivity contribution < 1.29 is 8.78 Å². The molecule has 2 aromatic rings. The van der Waals surface area contributed by atoms with Crippen molar-refractivity contribution in [1.82, 2.24) is 19.6 Å². The highest BCUT2D eigenvalue weighted by Gasteiger charge is 2.22. The molecule has 1 fully saturated rings. The topological polar surface area (TPSA) is 56.7 Å². The van der Waals surface area contributed by atoms with Crippen molar-refractivity contribution in [2.75, 3.05) is 37.6 Å². The van der Waals surface area contributed by atoms with Gasteiger partial charge in [-0.05, 0) is 25.1 Å². The molecule has 1 saturated heterocycles. The molecule has 1 aliphatic rings. The highest BCUT2D eigenvalue weighted by molar-refractivity contribution is 7.09. The fourth-order valence-electron chi connectivity index (χ4n) is 2.88. The van der Waals surface area contributed by atoms with Gasteiger partial charge in [0, 0.05) is 56.2 Å². The van der Waals surface area contributed by atoms with E-state index in [2.05, 4.69) is 29.5 Å². The number of halogens is 2. The van der Waals surface area contributed by atoms with Crippen LogP contribution < -0.4 is 10.2 Å². The van der Waals surface area contributed by atoms with E-state index in [0.717, 1.165) is 55.7 Å². The first kappa shape index (κ1) is 19.5. The van der Waals surface area contributed by atoms with Crippen LogP contribution in [0.1, 0.15) is 25.2 Å². The van der Waals surface area contributed by atoms with E-state index in [4.69, 9.17) is 0 Å². The van der Waals surface area contributed by atoms with Gasteiger partial charge >= 0.3 is 0 Å². The molecular formula is C18H24F2N6S. The molecule has 1 aromatic heterocycles. The molecule has 1 N–H and O–H groups in total. The maximum Gasteiger partial charge on any atom is 0.205 e. The summed E-state index contributed by atoms with van der Waals surface area (Å²) in [6.07, 6.45) is 0.838. The summed E-state index contributed by atoms with van der Waals surface area (Å²) in [4.78, 5) is 13.4. The lowest BCUT2D eigenvalue weighted by atomic mass is 10.2. The van der Waals surface area contributed by atoms with Gasteiger partial charge < -0.3 is 15.1 Å². The molecule has 27 heavy (non-hydrogen) atoms. The summed E-state index contributed by atoms with van der Waals surface area (Å²) in [7, 11) is 0. The second-order valence-corrected chi connectivity index (χ2v) is 6.96. The Hall–Kier alpha value is -2.29. The largest absolute Gasteiger partial charge is 0.357 e. The summed E-state index contributed by atoms with van der Waals surface area (Å²) in [5.41, 5.74) is 0.255. The van der Waals surface area contributed by atoms with E-state index in [1.54, 1.807) is 0 Å². The maximum atomic E-state index is 13.8. The van der Waals surface area contributed by atoms with E-state index in [1.165, 1.54) is 17.6 Å². The van der Waals surface area contributed by atoms with Gasteiger partial charge in [-0.3, -0.25) is 0 Å². The second-order valence-electron chi connectivity index (χ2n) is 6.23. The lowest BCUT2D eigenvalue weighted by Crippen LogP contribution is -2.52. The van der Waals surface area contributed by atoms with Crippen LogP contribution in [0.15, 0.2) is 23.2 Å². The van der Waals surface area contributed by atoms with E-state index in [9.17, 15) is 8.78 Å². The number of hydrogen-bond acceptors (Lipinski definition) is 5. The molecule has 0 bridgehead atoms. The van der Waals surface area contributed by atoms with Gasteiger partial charge in [-0.1, -0.05) is 6.92 Å². The molecule has 0 unspecified atom stereocenters. The second kappa shape index (κ2) is 9.07. The van der Waals surface area contributed by atoms with E-state index in [-0.39, 0.29) is 12.1 Å². The van der Waals surface area contributed by atoms with Crippen LogP contribution in [0.4, 0.5) is 13.9 Å². The number of aliphatic imine (C=N–C) groups is 1. The number of hydrogen-bond donors (Lipinski definition) is 1. The Balaban J connectivity index is 1.64. The van der Waals surface area contributed by atoms with Gasteiger partial charge in [-0.15, -0.1) is 0 Å². The quantitative estimate of drug-likeness (QED) is 0.624. The third-order valence-corrected chi connectivity index (χ3v) is 5.18. The number of nitrogens with zero attached hydrogens (tertiary/aromatic N) is 5. The Labute approximate surface area is 162 Å². The summed E-state index contributed by atoms with van der Waals surface area (Å²) < 4.78 is 31.5. The molecule has 0 spiro atoms. The number of aryl methyl sites for hydroxylation is 1. The minimum atomic E-state index is -0.455. The van der Waals surface area contributed by atoms with Gasteiger partial charge in [0.05, 0.1) is 6.54 Å². The van der Waals surface area contributed by atoms with Crippen LogP contribution >= 0.6 is 11.5 Å². The minimum absolute atomic E-state index is 0.0996. The van der Waals surface area contributed by atoms with E-state index in [0.29, 0.717) is 12.5 Å². The molecule has 0 radical (unpaired) electrons. The molecular weight excluding hydrogens is 370 g/mol. The molecule has 0 atom stereocenters. The SMILES string of the molecule is CCNC(=NCc1cc(F)ccc1F)N1CCN(c2nc(CC)ns2)CC1. The number of nitrogens with one attached hydrogen (secondary N) is 1. The lowest BCUT2D eigenvalue weighted by molar-refractivity contribution is 0.372. The summed E-state index contributed by atoms with van der Waals surface area (Å²) >= 11 is 1.43. The van der Waals surface area contributed by atoms with E-state index in [1.807, 2.05) is 13.8 Å². The Morgan fingerprint density at radius 3 is 2.67 bits per heavy atom. The van der Waals surface area contributed by atoms with Crippen molar-refractivity contribution >= 4 is 22.6 Å². The molecule has 0 aliphatic carbocycles. The van der Waals surface area contributed by atoms with Crippen molar-refractivity contribution in [3.8, 4) is 0 Å². The van der Waals surface area contributed by atoms with Gasteiger partial charge in [-0.2, -0.15) is 4.37 Å². The highest BCUT2D eigenvalue weighted by Crippen LogP contribution is 2.19. The van der Waals surface area contributed by atoms with Gasteiger partial charge in [0.25, 0.3) is 0 Å². The summed E-state index contributed by atoms with van der Waals surface area (Å²) in [6, 6.07) is 3.45. The third kappa shape index (κ3) is 4.91. The normalized spacial score (nSPS) is 15.3. The zero-order valence-corrected chi connectivity index (χ0v) is 16.4. The predicted octanol–water partition coefficient (Wildman–Crippen LogP) is 2.67. The number of rotatable bonds is 5. The van der Waals surface area contributed by atoms with Crippen LogP contribution in [-0.2, 0) is 13.0 Å². The summed E-state index contributed by atoms with van der Waals surface area (Å²) in [5, 5.41) is 4.19. The van der Waals surface area contributed by atoms with Crippen molar-refractivity contribution in [3.63, 3.8) is 0 Å². The lowest BCUT2D eigenvalue weighted by Gasteiger charge is -2.36. The molecule has 1 aromatic carbocycles. The van der Waals surface area contributed by atoms with Crippen LogP contribution in [0, 0.1) is 11.6 Å². The number of aromatic nitrogens is 2. The molecule has 2 heterocycles. The van der Waals surface area contributed by atoms with Crippen LogP contribution in [-0.4, -0.2) is 52.9 Å². The number of anilines is 1. The number of guanidine groups is 1. The molecule has 6 nitrogen and oxygen atoms in total. The van der Waals surface area contributed by atoms with Crippen LogP contribution in [0.25, 0.3) is 0 Å². The first-order valence-electron chi connectivity index (χ1n) is 9.15. The fraction of sp³-hybridized carbons (Fsp3) is 0.500. The van der Waals surface area contributed by atoms with Crippen molar-refractivity contribution in [2.45, 2.75) is 26.8 Å². The van der Waals surface area contributed by atoms with Crippen LogP contribution in [0.5, 0.6) is 0 Å². The Kier molecular flexibility index (Phi) is 6.54. The molecule has 3 rings (SSSR count). The first-order valence-corrected chi connectivity index (χ1v) is 9.92. The molecule has 9 heteroatoms. The van der Waals surface area contributed by atoms with Gasteiger partial charge in [0.15, 0.2) is 5.96 Å². The Bertz CT molecular complexity index is 786. The van der Waals surface area contributed by atoms with Crippen molar-refractivity contribution in [2.24, 2.45) is 4.99 Å².